The van der Waals surface area contributed by atoms with Crippen LogP contribution in [-0.4, -0.2) is 41.5 Å². The van der Waals surface area contributed by atoms with E-state index in [0.29, 0.717) is 39.1 Å². The second kappa shape index (κ2) is 11.8. The second-order valence-electron chi connectivity index (χ2n) is 10.7. The van der Waals surface area contributed by atoms with Crippen molar-refractivity contribution in [2.75, 3.05) is 16.8 Å². The first-order valence-electron chi connectivity index (χ1n) is 12.5. The van der Waals surface area contributed by atoms with Gasteiger partial charge in [-0.1, -0.05) is 80.4 Å². The molecule has 3 aromatic rings. The SMILES string of the molecule is CC(C)(C)CN1C(=O)C(CC(=O)C(Nc2ccccc2)C(=O)O)OC(c2ccccc2Cl)c2cc(Cl)ccc21. The smallest absolute Gasteiger partial charge is 0.333 e. The van der Waals surface area contributed by atoms with Gasteiger partial charge >= 0.3 is 5.97 Å². The van der Waals surface area contributed by atoms with Crippen LogP contribution in [0.5, 0.6) is 0 Å². The minimum Gasteiger partial charge on any atom is -0.479 e. The number of anilines is 2. The highest BCUT2D eigenvalue weighted by atomic mass is 35.5. The summed E-state index contributed by atoms with van der Waals surface area (Å²) in [5.74, 6) is -2.49. The average molecular weight is 569 g/mol. The van der Waals surface area contributed by atoms with Gasteiger partial charge in [0.2, 0.25) is 0 Å². The van der Waals surface area contributed by atoms with E-state index in [-0.39, 0.29) is 5.41 Å². The van der Waals surface area contributed by atoms with Crippen LogP contribution in [0.2, 0.25) is 10.0 Å². The molecular weight excluding hydrogens is 539 g/mol. The highest BCUT2D eigenvalue weighted by molar-refractivity contribution is 6.31. The molecule has 39 heavy (non-hydrogen) atoms. The first kappa shape index (κ1) is 28.6. The molecule has 1 aliphatic heterocycles. The van der Waals surface area contributed by atoms with Gasteiger partial charge in [-0.15, -0.1) is 0 Å². The molecule has 0 fully saturated rings. The number of ether oxygens (including phenoxy) is 1. The number of rotatable bonds is 8. The van der Waals surface area contributed by atoms with E-state index in [1.807, 2.05) is 20.8 Å². The molecule has 3 atom stereocenters. The van der Waals surface area contributed by atoms with Crippen LogP contribution in [-0.2, 0) is 19.1 Å². The number of carbonyl (C=O) groups is 3. The molecule has 0 saturated heterocycles. The molecule has 1 heterocycles. The summed E-state index contributed by atoms with van der Waals surface area (Å²) in [5.41, 5.74) is 1.99. The summed E-state index contributed by atoms with van der Waals surface area (Å²) < 4.78 is 6.39. The molecule has 4 rings (SSSR count). The number of ketones is 1. The standard InChI is InChI=1S/C30H30Cl2N2O5/c1-30(2,3)17-34-23-14-13-18(31)15-21(23)27(20-11-7-8-12-22(20)32)39-25(28(34)36)16-24(35)26(29(37)38)33-19-9-5-4-6-10-19/h4-15,25-27,33H,16-17H2,1-3H3,(H,37,38). The number of Topliss-reactive ketones (excluding diaryl/α,β-unsaturated/α-hetero) is 1. The predicted octanol–water partition coefficient (Wildman–Crippen LogP) is 6.39. The Labute approximate surface area is 237 Å². The van der Waals surface area contributed by atoms with Crippen LogP contribution in [0.1, 0.15) is 44.4 Å². The zero-order valence-corrected chi connectivity index (χ0v) is 23.4. The van der Waals surface area contributed by atoms with Crippen molar-refractivity contribution in [3.8, 4) is 0 Å². The first-order valence-corrected chi connectivity index (χ1v) is 13.3. The third kappa shape index (κ3) is 6.79. The van der Waals surface area contributed by atoms with Gasteiger partial charge < -0.3 is 20.1 Å². The number of halogens is 2. The molecule has 2 N–H and O–H groups in total. The van der Waals surface area contributed by atoms with Gasteiger partial charge in [0.1, 0.15) is 12.2 Å². The fourth-order valence-electron chi connectivity index (χ4n) is 4.55. The Morgan fingerprint density at radius 3 is 2.31 bits per heavy atom. The number of nitrogens with zero attached hydrogens (tertiary/aromatic N) is 1. The Kier molecular flexibility index (Phi) is 8.64. The lowest BCUT2D eigenvalue weighted by molar-refractivity contribution is -0.144. The molecule has 0 saturated carbocycles. The van der Waals surface area contributed by atoms with E-state index in [2.05, 4.69) is 5.32 Å². The number of carbonyl (C=O) groups excluding carboxylic acids is 2. The van der Waals surface area contributed by atoms with Crippen molar-refractivity contribution >= 4 is 52.2 Å². The Morgan fingerprint density at radius 2 is 1.67 bits per heavy atom. The largest absolute Gasteiger partial charge is 0.479 e. The number of hydrogen-bond donors (Lipinski definition) is 2. The molecular formula is C30H30Cl2N2O5. The van der Waals surface area contributed by atoms with Crippen LogP contribution in [0, 0.1) is 5.41 Å². The Balaban J connectivity index is 1.77. The van der Waals surface area contributed by atoms with Gasteiger partial charge in [0.15, 0.2) is 11.8 Å². The summed E-state index contributed by atoms with van der Waals surface area (Å²) >= 11 is 13.0. The Hall–Kier alpha value is -3.39. The van der Waals surface area contributed by atoms with Crippen LogP contribution < -0.4 is 10.2 Å². The highest BCUT2D eigenvalue weighted by Gasteiger charge is 2.41. The van der Waals surface area contributed by atoms with Crippen molar-refractivity contribution in [2.45, 2.75) is 45.4 Å². The molecule has 3 unspecified atom stereocenters. The maximum absolute atomic E-state index is 14.0. The predicted molar refractivity (Wildman–Crippen MR) is 153 cm³/mol. The topological polar surface area (TPSA) is 95.9 Å². The molecule has 1 amide bonds. The molecule has 9 heteroatoms. The summed E-state index contributed by atoms with van der Waals surface area (Å²) in [4.78, 5) is 41.1. The molecule has 0 radical (unpaired) electrons. The van der Waals surface area contributed by atoms with Gasteiger partial charge in [-0.2, -0.15) is 0 Å². The van der Waals surface area contributed by atoms with E-state index in [9.17, 15) is 19.5 Å². The van der Waals surface area contributed by atoms with Crippen LogP contribution in [0.4, 0.5) is 11.4 Å². The van der Waals surface area contributed by atoms with E-state index >= 15 is 0 Å². The van der Waals surface area contributed by atoms with Gasteiger partial charge in [0, 0.05) is 45.5 Å². The number of aliphatic carboxylic acids is 1. The van der Waals surface area contributed by atoms with Crippen molar-refractivity contribution in [3.63, 3.8) is 0 Å². The van der Waals surface area contributed by atoms with E-state index < -0.39 is 42.3 Å². The van der Waals surface area contributed by atoms with Crippen molar-refractivity contribution in [3.05, 3.63) is 94.0 Å². The van der Waals surface area contributed by atoms with Crippen LogP contribution in [0.25, 0.3) is 0 Å². The quantitative estimate of drug-likeness (QED) is 0.306. The third-order valence-corrected chi connectivity index (χ3v) is 6.84. The third-order valence-electron chi connectivity index (χ3n) is 6.27. The number of hydrogen-bond acceptors (Lipinski definition) is 5. The van der Waals surface area contributed by atoms with Crippen LogP contribution >= 0.6 is 23.2 Å². The van der Waals surface area contributed by atoms with E-state index in [1.165, 1.54) is 0 Å². The summed E-state index contributed by atoms with van der Waals surface area (Å²) in [5, 5.41) is 13.5. The van der Waals surface area contributed by atoms with Gasteiger partial charge in [-0.05, 0) is 41.8 Å². The number of carboxylic acid groups (broad SMARTS) is 1. The van der Waals surface area contributed by atoms with Gasteiger partial charge in [0.25, 0.3) is 5.91 Å². The van der Waals surface area contributed by atoms with Gasteiger partial charge in [-0.25, -0.2) is 4.79 Å². The molecule has 3 aromatic carbocycles. The summed E-state index contributed by atoms with van der Waals surface area (Å²) in [6.45, 7) is 6.32. The van der Waals surface area contributed by atoms with E-state index in [1.54, 1.807) is 77.7 Å². The minimum atomic E-state index is -1.57. The lowest BCUT2D eigenvalue weighted by Crippen LogP contribution is -2.46. The molecule has 0 aromatic heterocycles. The fraction of sp³-hybridized carbons (Fsp3) is 0.300. The Morgan fingerprint density at radius 1 is 1.00 bits per heavy atom. The van der Waals surface area contributed by atoms with Gasteiger partial charge in [0.05, 0.1) is 0 Å². The number of nitrogens with one attached hydrogen (secondary N) is 1. The minimum absolute atomic E-state index is 0.302. The number of benzene rings is 3. The molecule has 1 aliphatic rings. The van der Waals surface area contributed by atoms with Crippen molar-refractivity contribution in [1.82, 2.24) is 0 Å². The fourth-order valence-corrected chi connectivity index (χ4v) is 4.97. The molecule has 0 aliphatic carbocycles. The van der Waals surface area contributed by atoms with Crippen molar-refractivity contribution in [2.24, 2.45) is 5.41 Å². The lowest BCUT2D eigenvalue weighted by Gasteiger charge is -2.31. The van der Waals surface area contributed by atoms with E-state index in [0.717, 1.165) is 0 Å². The highest BCUT2D eigenvalue weighted by Crippen LogP contribution is 2.42. The average Bonchev–Trinajstić information content (AvgIpc) is 2.97. The summed E-state index contributed by atoms with van der Waals surface area (Å²) in [6.07, 6.45) is -2.56. The van der Waals surface area contributed by atoms with Crippen LogP contribution in [0.15, 0.2) is 72.8 Å². The van der Waals surface area contributed by atoms with Crippen LogP contribution in [0.3, 0.4) is 0 Å². The zero-order valence-electron chi connectivity index (χ0n) is 21.9. The normalized spacial score (nSPS) is 18.2. The number of amides is 1. The van der Waals surface area contributed by atoms with Crippen molar-refractivity contribution < 1.29 is 24.2 Å². The second-order valence-corrected chi connectivity index (χ2v) is 11.5. The van der Waals surface area contributed by atoms with Gasteiger partial charge in [-0.3, -0.25) is 9.59 Å². The Bertz CT molecular complexity index is 1370. The zero-order chi connectivity index (χ0) is 28.3. The first-order chi connectivity index (χ1) is 18.4. The summed E-state index contributed by atoms with van der Waals surface area (Å²) in [7, 11) is 0. The molecule has 204 valence electrons. The number of fused-ring (bicyclic) bond motifs is 1. The monoisotopic (exact) mass is 568 g/mol. The maximum Gasteiger partial charge on any atom is 0.333 e. The van der Waals surface area contributed by atoms with Crippen molar-refractivity contribution in [1.29, 1.82) is 0 Å². The number of carboxylic acids is 1. The molecule has 7 nitrogen and oxygen atoms in total. The maximum atomic E-state index is 14.0. The summed E-state index contributed by atoms with van der Waals surface area (Å²) in [6, 6.07) is 19.3. The number of para-hydroxylation sites is 1. The molecule has 0 bridgehead atoms. The molecule has 0 spiro atoms. The lowest BCUT2D eigenvalue weighted by atomic mass is 9.94. The van der Waals surface area contributed by atoms with E-state index in [4.69, 9.17) is 27.9 Å².